The number of nitriles is 1. The molecule has 2 fully saturated rings. The van der Waals surface area contributed by atoms with Crippen LogP contribution in [0.3, 0.4) is 0 Å². The van der Waals surface area contributed by atoms with Crippen molar-refractivity contribution < 1.29 is 33.0 Å². The zero-order valence-electron chi connectivity index (χ0n) is 33.8. The summed E-state index contributed by atoms with van der Waals surface area (Å²) in [5.74, 6) is -1.32. The molecule has 3 aromatic carbocycles. The molecule has 0 aliphatic carbocycles. The fraction of sp³-hybridized carbons (Fsp3) is 0.356. The highest BCUT2D eigenvalue weighted by atomic mass is 19.3. The van der Waals surface area contributed by atoms with Crippen LogP contribution in [-0.4, -0.2) is 90.7 Å². The van der Waals surface area contributed by atoms with Crippen LogP contribution in [0.2, 0.25) is 0 Å². The van der Waals surface area contributed by atoms with Crippen molar-refractivity contribution in [2.24, 2.45) is 5.92 Å². The molecule has 61 heavy (non-hydrogen) atoms. The number of carbonyl (C=O) groups is 2. The van der Waals surface area contributed by atoms with E-state index in [1.54, 1.807) is 12.3 Å². The van der Waals surface area contributed by atoms with Gasteiger partial charge in [0.25, 0.3) is 6.43 Å². The van der Waals surface area contributed by atoms with Gasteiger partial charge in [-0.3, -0.25) is 24.4 Å². The number of amides is 1. The fourth-order valence-electron chi connectivity index (χ4n) is 8.34. The lowest BCUT2D eigenvalue weighted by atomic mass is 9.93. The third-order valence-corrected chi connectivity index (χ3v) is 11.6. The number of hydrogen-bond acceptors (Lipinski definition) is 12. The zero-order chi connectivity index (χ0) is 42.8. The largest absolute Gasteiger partial charge is 0.481 e. The number of nitrogens with one attached hydrogen (secondary N) is 2. The molecule has 3 aromatic heterocycles. The summed E-state index contributed by atoms with van der Waals surface area (Å²) in [6.07, 6.45) is 0.287. The van der Waals surface area contributed by atoms with Gasteiger partial charge in [0, 0.05) is 56.1 Å². The molecule has 5 heterocycles. The molecular weight excluding hydrogens is 785 g/mol. The number of rotatable bonds is 13. The number of carboxylic acid groups (broad SMARTS) is 1. The van der Waals surface area contributed by atoms with Crippen molar-refractivity contribution in [1.29, 1.82) is 5.26 Å². The Balaban J connectivity index is 1.02. The lowest BCUT2D eigenvalue weighted by Crippen LogP contribution is -2.40. The van der Waals surface area contributed by atoms with E-state index in [1.807, 2.05) is 62.4 Å². The van der Waals surface area contributed by atoms with Gasteiger partial charge >= 0.3 is 5.97 Å². The van der Waals surface area contributed by atoms with Gasteiger partial charge in [-0.2, -0.15) is 5.26 Å². The molecule has 6 aromatic rings. The quantitative estimate of drug-likeness (QED) is 0.0927. The van der Waals surface area contributed by atoms with E-state index in [0.29, 0.717) is 91.3 Å². The molecular formula is C45H45F2N9O5. The molecule has 1 amide bonds. The first-order valence-electron chi connectivity index (χ1n) is 20.3. The van der Waals surface area contributed by atoms with Crippen LogP contribution in [0.5, 0.6) is 0 Å². The van der Waals surface area contributed by atoms with E-state index in [1.165, 1.54) is 0 Å². The summed E-state index contributed by atoms with van der Waals surface area (Å²) in [5, 5.41) is 34.9. The van der Waals surface area contributed by atoms with Gasteiger partial charge in [-0.25, -0.2) is 23.7 Å². The number of hydrogen-bond donors (Lipinski definition) is 4. The van der Waals surface area contributed by atoms with E-state index in [9.17, 15) is 28.7 Å². The normalized spacial score (nSPS) is 16.4. The topological polar surface area (TPSA) is 194 Å². The average molecular weight is 830 g/mol. The maximum Gasteiger partial charge on any atom is 0.305 e. The number of aromatic nitrogens is 4. The van der Waals surface area contributed by atoms with Crippen molar-refractivity contribution in [3.63, 3.8) is 0 Å². The summed E-state index contributed by atoms with van der Waals surface area (Å²) in [6, 6.07) is 19.3. The molecule has 0 radical (unpaired) electrons. The van der Waals surface area contributed by atoms with Gasteiger partial charge in [0.2, 0.25) is 11.8 Å². The molecule has 1 unspecified atom stereocenters. The summed E-state index contributed by atoms with van der Waals surface area (Å²) >= 11 is 0. The molecule has 14 nitrogen and oxygen atoms in total. The molecule has 8 rings (SSSR count). The number of pyridine rings is 1. The van der Waals surface area contributed by atoms with E-state index >= 15 is 0 Å². The van der Waals surface area contributed by atoms with Crippen molar-refractivity contribution in [2.45, 2.75) is 65.1 Å². The number of carboxylic acids is 1. The number of aliphatic hydroxyl groups excluding tert-OH is 1. The lowest BCUT2D eigenvalue weighted by Gasteiger charge is -2.31. The number of likely N-dealkylation sites (tertiary alicyclic amines) is 2. The van der Waals surface area contributed by atoms with Crippen LogP contribution in [-0.2, 0) is 22.7 Å². The van der Waals surface area contributed by atoms with E-state index in [2.05, 4.69) is 41.5 Å². The molecule has 2 aliphatic heterocycles. The molecule has 0 bridgehead atoms. The molecule has 2 aliphatic rings. The molecule has 16 heteroatoms. The summed E-state index contributed by atoms with van der Waals surface area (Å²) in [5.41, 5.74) is 8.57. The second-order valence-electron chi connectivity index (χ2n) is 15.8. The van der Waals surface area contributed by atoms with Crippen LogP contribution < -0.4 is 10.6 Å². The van der Waals surface area contributed by atoms with Crippen LogP contribution in [0.25, 0.3) is 44.7 Å². The summed E-state index contributed by atoms with van der Waals surface area (Å²) in [6.45, 7) is 7.75. The number of oxazole rings is 1. The van der Waals surface area contributed by atoms with Crippen LogP contribution in [0.15, 0.2) is 65.2 Å². The third-order valence-electron chi connectivity index (χ3n) is 11.6. The SMILES string of the molecule is Cc1c(Nc2nc(C(F)F)nc3cc(CN4CCC(O)C4)cnc23)cccc1-c1cccc(-c2nc3cc(CN4CCC(C(=O)NCCC(=O)O)CC4)cc(C#N)c3o2)c1C. The summed E-state index contributed by atoms with van der Waals surface area (Å²) in [7, 11) is 0. The first kappa shape index (κ1) is 41.3. The van der Waals surface area contributed by atoms with E-state index in [-0.39, 0.29) is 36.7 Å². The molecule has 314 valence electrons. The zero-order valence-corrected chi connectivity index (χ0v) is 33.8. The van der Waals surface area contributed by atoms with Gasteiger partial charge in [0.1, 0.15) is 17.1 Å². The number of alkyl halides is 2. The summed E-state index contributed by atoms with van der Waals surface area (Å²) in [4.78, 5) is 45.5. The highest BCUT2D eigenvalue weighted by Crippen LogP contribution is 2.38. The second kappa shape index (κ2) is 17.7. The minimum atomic E-state index is -2.90. The van der Waals surface area contributed by atoms with Crippen LogP contribution in [0.4, 0.5) is 20.3 Å². The van der Waals surface area contributed by atoms with Crippen molar-refractivity contribution in [2.75, 3.05) is 38.0 Å². The standard InChI is InChI=1S/C45H45F2N9O5/c1-25-32(33-6-4-8-35(26(33)2)51-42-39-36(52-43(54-42)41(46)47)19-28(21-50-39)23-56-16-12-31(57)24-56)5-3-7-34(25)45-53-37-18-27(17-30(20-48)40(37)61-45)22-55-14-10-29(11-15-55)44(60)49-13-9-38(58)59/h3-8,17-19,21,29,31,41,57H,9-16,22-24H2,1-2H3,(H,49,60)(H,58,59)(H,51,52,54). The van der Waals surface area contributed by atoms with Crippen molar-refractivity contribution in [3.8, 4) is 28.7 Å². The van der Waals surface area contributed by atoms with Gasteiger partial charge in [-0.1, -0.05) is 24.3 Å². The number of benzene rings is 3. The Morgan fingerprint density at radius 2 is 1.62 bits per heavy atom. The maximum atomic E-state index is 14.1. The Morgan fingerprint density at radius 1 is 0.918 bits per heavy atom. The highest BCUT2D eigenvalue weighted by Gasteiger charge is 2.26. The van der Waals surface area contributed by atoms with E-state index in [4.69, 9.17) is 14.5 Å². The van der Waals surface area contributed by atoms with Crippen LogP contribution in [0.1, 0.15) is 65.8 Å². The monoisotopic (exact) mass is 829 g/mol. The van der Waals surface area contributed by atoms with Crippen LogP contribution >= 0.6 is 0 Å². The van der Waals surface area contributed by atoms with Crippen molar-refractivity contribution >= 4 is 45.5 Å². The van der Waals surface area contributed by atoms with Gasteiger partial charge in [0.05, 0.1) is 23.6 Å². The smallest absolute Gasteiger partial charge is 0.305 e. The predicted octanol–water partition coefficient (Wildman–Crippen LogP) is 7.04. The van der Waals surface area contributed by atoms with Crippen molar-refractivity contribution in [3.05, 3.63) is 94.4 Å². The Hall–Kier alpha value is -6.41. The number of piperidine rings is 1. The van der Waals surface area contributed by atoms with Gasteiger partial charge in [-0.15, -0.1) is 0 Å². The van der Waals surface area contributed by atoms with Crippen molar-refractivity contribution in [1.82, 2.24) is 35.1 Å². The second-order valence-corrected chi connectivity index (χ2v) is 15.8. The number of β-amino-alcohol motifs (C(OH)–C–C–N with tert-alkyl or cyclic N) is 1. The molecule has 4 N–H and O–H groups in total. The fourth-order valence-corrected chi connectivity index (χ4v) is 8.34. The predicted molar refractivity (Wildman–Crippen MR) is 224 cm³/mol. The van der Waals surface area contributed by atoms with Gasteiger partial charge in [-0.05, 0) is 110 Å². The van der Waals surface area contributed by atoms with E-state index in [0.717, 1.165) is 45.5 Å². The highest BCUT2D eigenvalue weighted by molar-refractivity contribution is 5.90. The minimum absolute atomic E-state index is 0.110. The Labute approximate surface area is 350 Å². The molecule has 0 saturated carbocycles. The van der Waals surface area contributed by atoms with Crippen LogP contribution in [0, 0.1) is 31.1 Å². The first-order valence-corrected chi connectivity index (χ1v) is 20.3. The lowest BCUT2D eigenvalue weighted by molar-refractivity contribution is -0.137. The number of halogens is 2. The van der Waals surface area contributed by atoms with Gasteiger partial charge in [0.15, 0.2) is 17.2 Å². The Bertz CT molecular complexity index is 2670. The Kier molecular flexibility index (Phi) is 12.0. The van der Waals surface area contributed by atoms with E-state index < -0.39 is 18.2 Å². The number of anilines is 2. The number of fused-ring (bicyclic) bond motifs is 2. The number of nitrogens with zero attached hydrogens (tertiary/aromatic N) is 7. The molecule has 0 spiro atoms. The third kappa shape index (κ3) is 9.04. The molecule has 2 saturated heterocycles. The molecule has 1 atom stereocenters. The number of aliphatic carboxylic acids is 1. The number of aliphatic hydroxyl groups is 1. The number of carbonyl (C=O) groups excluding carboxylic acids is 1. The summed E-state index contributed by atoms with van der Waals surface area (Å²) < 4.78 is 34.5. The average Bonchev–Trinajstić information content (AvgIpc) is 3.86. The Morgan fingerprint density at radius 3 is 2.34 bits per heavy atom. The minimum Gasteiger partial charge on any atom is -0.481 e. The maximum absolute atomic E-state index is 14.1. The first-order chi connectivity index (χ1) is 29.4. The van der Waals surface area contributed by atoms with Gasteiger partial charge < -0.3 is 25.3 Å².